The summed E-state index contributed by atoms with van der Waals surface area (Å²) in [6.07, 6.45) is -1.38. The summed E-state index contributed by atoms with van der Waals surface area (Å²) in [5, 5.41) is 4.98. The fraction of sp³-hybridized carbons (Fsp3) is 0.241. The second-order valence-electron chi connectivity index (χ2n) is 8.70. The second-order valence-corrected chi connectivity index (χ2v) is 8.70. The molecule has 3 amide bonds. The minimum absolute atomic E-state index is 0.0396. The zero-order chi connectivity index (χ0) is 26.7. The molecule has 1 heterocycles. The molecule has 0 aromatic heterocycles. The lowest BCUT2D eigenvalue weighted by atomic mass is 10.1. The molecule has 9 heteroatoms. The molecule has 1 aliphatic rings. The molecule has 0 spiro atoms. The van der Waals surface area contributed by atoms with Gasteiger partial charge in [0.1, 0.15) is 6.61 Å². The molecule has 196 valence electrons. The molecule has 1 N–H and O–H groups in total. The van der Waals surface area contributed by atoms with E-state index in [1.54, 1.807) is 30.3 Å². The maximum atomic E-state index is 13.1. The van der Waals surface area contributed by atoms with E-state index in [1.165, 1.54) is 10.0 Å². The third kappa shape index (κ3) is 7.19. The van der Waals surface area contributed by atoms with Gasteiger partial charge in [-0.25, -0.2) is 19.6 Å². The largest absolute Gasteiger partial charge is 0.458 e. The van der Waals surface area contributed by atoms with Crippen LogP contribution in [0, 0.1) is 0 Å². The van der Waals surface area contributed by atoms with Gasteiger partial charge in [-0.1, -0.05) is 78.9 Å². The number of nitrogens with zero attached hydrogens (tertiary/aromatic N) is 2. The Morgan fingerprint density at radius 1 is 0.763 bits per heavy atom. The molecule has 0 aliphatic carbocycles. The third-order valence-corrected chi connectivity index (χ3v) is 5.96. The van der Waals surface area contributed by atoms with E-state index in [9.17, 15) is 19.2 Å². The molecular formula is C29H29N3O6. The van der Waals surface area contributed by atoms with E-state index in [0.29, 0.717) is 12.0 Å². The van der Waals surface area contributed by atoms with E-state index < -0.39 is 30.0 Å². The first kappa shape index (κ1) is 26.4. The van der Waals surface area contributed by atoms with Crippen molar-refractivity contribution in [3.8, 4) is 0 Å². The number of ether oxygens (including phenoxy) is 2. The van der Waals surface area contributed by atoms with Gasteiger partial charge in [-0.2, -0.15) is 0 Å². The lowest BCUT2D eigenvalue weighted by molar-refractivity contribution is -0.157. The molecule has 9 nitrogen and oxygen atoms in total. The van der Waals surface area contributed by atoms with Crippen LogP contribution in [0.3, 0.4) is 0 Å². The number of hydrogen-bond acceptors (Lipinski definition) is 6. The van der Waals surface area contributed by atoms with E-state index >= 15 is 0 Å². The molecule has 38 heavy (non-hydrogen) atoms. The third-order valence-electron chi connectivity index (χ3n) is 5.96. The summed E-state index contributed by atoms with van der Waals surface area (Å²) >= 11 is 0. The van der Waals surface area contributed by atoms with E-state index in [2.05, 4.69) is 5.32 Å². The van der Waals surface area contributed by atoms with Gasteiger partial charge in [-0.15, -0.1) is 0 Å². The Bertz CT molecular complexity index is 1240. The summed E-state index contributed by atoms with van der Waals surface area (Å²) in [6, 6.07) is 26.9. The first-order chi connectivity index (χ1) is 18.5. The van der Waals surface area contributed by atoms with Crippen molar-refractivity contribution in [2.75, 3.05) is 19.6 Å². The van der Waals surface area contributed by atoms with Crippen molar-refractivity contribution >= 4 is 23.9 Å². The van der Waals surface area contributed by atoms with Crippen LogP contribution in [0.15, 0.2) is 91.0 Å². The molecule has 1 aliphatic heterocycles. The fourth-order valence-electron chi connectivity index (χ4n) is 4.01. The molecular weight excluding hydrogens is 486 g/mol. The fourth-order valence-corrected chi connectivity index (χ4v) is 4.01. The van der Waals surface area contributed by atoms with Gasteiger partial charge in [0.2, 0.25) is 6.10 Å². The maximum absolute atomic E-state index is 13.1. The normalized spacial score (nSPS) is 13.5. The highest BCUT2D eigenvalue weighted by Gasteiger charge is 2.35. The minimum Gasteiger partial charge on any atom is -0.458 e. The van der Waals surface area contributed by atoms with Crippen LogP contribution in [0.25, 0.3) is 0 Å². The molecule has 0 radical (unpaired) electrons. The van der Waals surface area contributed by atoms with Crippen LogP contribution in [-0.4, -0.2) is 59.6 Å². The van der Waals surface area contributed by atoms with Crippen molar-refractivity contribution in [1.82, 2.24) is 15.3 Å². The molecule has 1 unspecified atom stereocenters. The molecule has 4 rings (SSSR count). The van der Waals surface area contributed by atoms with E-state index in [4.69, 9.17) is 9.47 Å². The smallest absolute Gasteiger partial charge is 0.429 e. The van der Waals surface area contributed by atoms with Crippen LogP contribution in [0.4, 0.5) is 4.79 Å². The van der Waals surface area contributed by atoms with Crippen LogP contribution >= 0.6 is 0 Å². The van der Waals surface area contributed by atoms with Crippen LogP contribution in [0.1, 0.15) is 27.9 Å². The quantitative estimate of drug-likeness (QED) is 0.438. The molecule has 0 saturated carbocycles. The summed E-state index contributed by atoms with van der Waals surface area (Å²) in [4.78, 5) is 51.2. The van der Waals surface area contributed by atoms with Gasteiger partial charge in [0.15, 0.2) is 0 Å². The number of amides is 3. The lowest BCUT2D eigenvalue weighted by Gasteiger charge is -2.28. The molecule has 3 aromatic carbocycles. The Kier molecular flexibility index (Phi) is 9.07. The van der Waals surface area contributed by atoms with Crippen molar-refractivity contribution in [3.05, 3.63) is 108 Å². The number of rotatable bonds is 9. The number of benzene rings is 3. The minimum atomic E-state index is -1.20. The summed E-state index contributed by atoms with van der Waals surface area (Å²) in [5.74, 6) is -1.54. The van der Waals surface area contributed by atoms with Crippen LogP contribution in [0.5, 0.6) is 0 Å². The summed E-state index contributed by atoms with van der Waals surface area (Å²) in [7, 11) is 0. The monoisotopic (exact) mass is 515 g/mol. The first-order valence-electron chi connectivity index (χ1n) is 12.4. The highest BCUT2D eigenvalue weighted by Crippen LogP contribution is 2.16. The molecule has 1 fully saturated rings. The van der Waals surface area contributed by atoms with Gasteiger partial charge in [0.05, 0.1) is 6.54 Å². The standard InChI is InChI=1S/C29H29N3O6/c33-26(20-30-27(34)24-15-8-3-9-16-24)31-17-10-18-32(31)29(36)38-25(19-22-11-4-1-5-12-22)28(35)37-21-23-13-6-2-7-14-23/h1-9,11-16,25H,10,17-21H2,(H,30,34). The average Bonchev–Trinajstić information content (AvgIpc) is 3.46. The number of nitrogens with one attached hydrogen (secondary N) is 1. The topological polar surface area (TPSA) is 105 Å². The Labute approximate surface area is 220 Å². The zero-order valence-corrected chi connectivity index (χ0v) is 20.8. The molecule has 3 aromatic rings. The van der Waals surface area contributed by atoms with Crippen molar-refractivity contribution in [2.45, 2.75) is 25.6 Å². The van der Waals surface area contributed by atoms with Crippen molar-refractivity contribution < 1.29 is 28.7 Å². The van der Waals surface area contributed by atoms with Crippen LogP contribution < -0.4 is 5.32 Å². The van der Waals surface area contributed by atoms with Gasteiger partial charge >= 0.3 is 12.1 Å². The van der Waals surface area contributed by atoms with Crippen molar-refractivity contribution in [2.24, 2.45) is 0 Å². The Morgan fingerprint density at radius 2 is 1.34 bits per heavy atom. The molecule has 1 saturated heterocycles. The number of esters is 1. The van der Waals surface area contributed by atoms with Gasteiger partial charge in [0, 0.05) is 25.1 Å². The SMILES string of the molecule is O=C(NCC(=O)N1CCCN1C(=O)OC(Cc1ccccc1)C(=O)OCc1ccccc1)c1ccccc1. The highest BCUT2D eigenvalue weighted by atomic mass is 16.6. The number of hydrazine groups is 1. The Balaban J connectivity index is 1.38. The van der Waals surface area contributed by atoms with Crippen LogP contribution in [0.2, 0.25) is 0 Å². The zero-order valence-electron chi connectivity index (χ0n) is 20.8. The Hall–Kier alpha value is -4.66. The van der Waals surface area contributed by atoms with Crippen molar-refractivity contribution in [1.29, 1.82) is 0 Å². The average molecular weight is 516 g/mol. The lowest BCUT2D eigenvalue weighted by Crippen LogP contribution is -2.50. The van der Waals surface area contributed by atoms with Crippen molar-refractivity contribution in [3.63, 3.8) is 0 Å². The number of hydrogen-bond donors (Lipinski definition) is 1. The highest BCUT2D eigenvalue weighted by molar-refractivity contribution is 5.96. The second kappa shape index (κ2) is 13.0. The molecule has 1 atom stereocenters. The maximum Gasteiger partial charge on any atom is 0.429 e. The van der Waals surface area contributed by atoms with Gasteiger partial charge < -0.3 is 14.8 Å². The summed E-state index contributed by atoms with van der Waals surface area (Å²) < 4.78 is 11.0. The predicted octanol–water partition coefficient (Wildman–Crippen LogP) is 3.36. The van der Waals surface area contributed by atoms with E-state index in [-0.39, 0.29) is 32.7 Å². The number of carbonyl (C=O) groups excluding carboxylic acids is 4. The van der Waals surface area contributed by atoms with Gasteiger partial charge in [-0.3, -0.25) is 9.59 Å². The predicted molar refractivity (Wildman–Crippen MR) is 138 cm³/mol. The van der Waals surface area contributed by atoms with E-state index in [0.717, 1.165) is 11.1 Å². The summed E-state index contributed by atoms with van der Waals surface area (Å²) in [5.41, 5.74) is 2.02. The van der Waals surface area contributed by atoms with Gasteiger partial charge in [-0.05, 0) is 29.7 Å². The van der Waals surface area contributed by atoms with Crippen LogP contribution in [-0.2, 0) is 32.1 Å². The van der Waals surface area contributed by atoms with E-state index in [1.807, 2.05) is 60.7 Å². The first-order valence-corrected chi connectivity index (χ1v) is 12.4. The molecule has 0 bridgehead atoms. The van der Waals surface area contributed by atoms with Gasteiger partial charge in [0.25, 0.3) is 11.8 Å². The Morgan fingerprint density at radius 3 is 2.00 bits per heavy atom. The summed E-state index contributed by atoms with van der Waals surface area (Å²) in [6.45, 7) is 0.285. The number of carbonyl (C=O) groups is 4.